The van der Waals surface area contributed by atoms with E-state index in [4.69, 9.17) is 4.74 Å². The lowest BCUT2D eigenvalue weighted by Crippen LogP contribution is -2.21. The fraction of sp³-hybridized carbons (Fsp3) is 0.562. The molecule has 1 rings (SSSR count). The number of carbonyl (C=O) groups excluding carboxylic acids is 1. The Labute approximate surface area is 115 Å². The highest BCUT2D eigenvalue weighted by Gasteiger charge is 2.23. The summed E-state index contributed by atoms with van der Waals surface area (Å²) in [5, 5.41) is 0. The molecule has 0 radical (unpaired) electrons. The molecule has 1 aromatic carbocycles. The smallest absolute Gasteiger partial charge is 0.168 e. The van der Waals surface area contributed by atoms with E-state index in [1.165, 1.54) is 7.11 Å². The van der Waals surface area contributed by atoms with Crippen LogP contribution < -0.4 is 4.74 Å². The van der Waals surface area contributed by atoms with E-state index in [0.717, 1.165) is 0 Å². The van der Waals surface area contributed by atoms with Gasteiger partial charge in [-0.25, -0.2) is 4.39 Å². The lowest BCUT2D eigenvalue weighted by atomic mass is 9.79. The summed E-state index contributed by atoms with van der Waals surface area (Å²) >= 11 is 0. The fourth-order valence-corrected chi connectivity index (χ4v) is 1.78. The van der Waals surface area contributed by atoms with Crippen LogP contribution in [0.2, 0.25) is 0 Å². The molecule has 0 aliphatic heterocycles. The molecule has 0 fully saturated rings. The summed E-state index contributed by atoms with van der Waals surface area (Å²) in [6, 6.07) is 4.90. The third-order valence-corrected chi connectivity index (χ3v) is 3.66. The molecule has 0 saturated carbocycles. The zero-order chi connectivity index (χ0) is 14.6. The normalized spacial score (nSPS) is 13.2. The minimum atomic E-state index is -0.429. The monoisotopic (exact) mass is 266 g/mol. The van der Waals surface area contributed by atoms with Gasteiger partial charge in [0.05, 0.1) is 7.11 Å². The maximum absolute atomic E-state index is 13.9. The van der Waals surface area contributed by atoms with Gasteiger partial charge in [0, 0.05) is 12.8 Å². The van der Waals surface area contributed by atoms with Gasteiger partial charge in [0.1, 0.15) is 5.78 Å². The van der Waals surface area contributed by atoms with Crippen molar-refractivity contribution in [3.63, 3.8) is 0 Å². The van der Waals surface area contributed by atoms with Crippen molar-refractivity contribution in [2.24, 2.45) is 11.3 Å². The van der Waals surface area contributed by atoms with Gasteiger partial charge in [0.15, 0.2) is 11.6 Å². The molecule has 1 aromatic rings. The Kier molecular flexibility index (Phi) is 5.10. The van der Waals surface area contributed by atoms with Crippen LogP contribution >= 0.6 is 0 Å². The summed E-state index contributed by atoms with van der Waals surface area (Å²) in [7, 11) is 1.42. The topological polar surface area (TPSA) is 26.3 Å². The van der Waals surface area contributed by atoms with Gasteiger partial charge in [-0.2, -0.15) is 0 Å². The highest BCUT2D eigenvalue weighted by atomic mass is 19.1. The van der Waals surface area contributed by atoms with Gasteiger partial charge in [-0.3, -0.25) is 4.79 Å². The second kappa shape index (κ2) is 6.18. The number of ether oxygens (including phenoxy) is 1. The Balaban J connectivity index is 2.73. The third-order valence-electron chi connectivity index (χ3n) is 3.66. The quantitative estimate of drug-likeness (QED) is 0.804. The largest absolute Gasteiger partial charge is 0.494 e. The molecule has 0 aromatic heterocycles. The van der Waals surface area contributed by atoms with Crippen LogP contribution in [-0.2, 0) is 11.2 Å². The van der Waals surface area contributed by atoms with Crippen LogP contribution in [0.4, 0.5) is 4.39 Å². The predicted octanol–water partition coefficient (Wildman–Crippen LogP) is 4.02. The first-order valence-electron chi connectivity index (χ1n) is 6.58. The number of carbonyl (C=O) groups is 1. The molecule has 19 heavy (non-hydrogen) atoms. The molecule has 0 spiro atoms. The Hall–Kier alpha value is -1.38. The van der Waals surface area contributed by atoms with Gasteiger partial charge in [0.2, 0.25) is 0 Å². The van der Waals surface area contributed by atoms with Crippen LogP contribution in [0.15, 0.2) is 18.2 Å². The summed E-state index contributed by atoms with van der Waals surface area (Å²) < 4.78 is 18.8. The van der Waals surface area contributed by atoms with E-state index in [-0.39, 0.29) is 29.3 Å². The SMILES string of the molecule is COc1cccc(CC(=O)CC(C)C(C)(C)C)c1F. The first-order chi connectivity index (χ1) is 8.75. The molecular formula is C16H23FO2. The van der Waals surface area contributed by atoms with Crippen molar-refractivity contribution in [2.75, 3.05) is 7.11 Å². The standard InChI is InChI=1S/C16H23FO2/c1-11(16(2,3)4)9-13(18)10-12-7-6-8-14(19-5)15(12)17/h6-8,11H,9-10H2,1-5H3. The molecule has 1 atom stereocenters. The summed E-state index contributed by atoms with van der Waals surface area (Å²) in [5.74, 6) is 0.0965. The molecule has 0 amide bonds. The van der Waals surface area contributed by atoms with Crippen molar-refractivity contribution < 1.29 is 13.9 Å². The maximum atomic E-state index is 13.9. The molecule has 0 aliphatic rings. The predicted molar refractivity (Wildman–Crippen MR) is 74.9 cm³/mol. The van der Waals surface area contributed by atoms with Crippen LogP contribution in [0.5, 0.6) is 5.75 Å². The van der Waals surface area contributed by atoms with Gasteiger partial charge in [-0.1, -0.05) is 39.8 Å². The molecule has 0 heterocycles. The van der Waals surface area contributed by atoms with E-state index >= 15 is 0 Å². The number of ketones is 1. The Morgan fingerprint density at radius 1 is 1.37 bits per heavy atom. The van der Waals surface area contributed by atoms with Crippen LogP contribution in [0.1, 0.15) is 39.7 Å². The molecule has 2 nitrogen and oxygen atoms in total. The first kappa shape index (κ1) is 15.7. The van der Waals surface area contributed by atoms with E-state index in [0.29, 0.717) is 12.0 Å². The van der Waals surface area contributed by atoms with Crippen molar-refractivity contribution in [3.05, 3.63) is 29.6 Å². The van der Waals surface area contributed by atoms with E-state index in [1.54, 1.807) is 18.2 Å². The molecule has 3 heteroatoms. The van der Waals surface area contributed by atoms with Gasteiger partial charge >= 0.3 is 0 Å². The lowest BCUT2D eigenvalue weighted by Gasteiger charge is -2.26. The molecule has 0 N–H and O–H groups in total. The number of hydrogen-bond acceptors (Lipinski definition) is 2. The number of rotatable bonds is 5. The van der Waals surface area contributed by atoms with Gasteiger partial charge in [-0.05, 0) is 23.0 Å². The summed E-state index contributed by atoms with van der Waals surface area (Å²) in [4.78, 5) is 12.0. The molecule has 106 valence electrons. The van der Waals surface area contributed by atoms with Gasteiger partial charge < -0.3 is 4.74 Å². The summed E-state index contributed by atoms with van der Waals surface area (Å²) in [6.07, 6.45) is 0.601. The summed E-state index contributed by atoms with van der Waals surface area (Å²) in [5.41, 5.74) is 0.494. The average molecular weight is 266 g/mol. The van der Waals surface area contributed by atoms with Gasteiger partial charge in [-0.15, -0.1) is 0 Å². The van der Waals surface area contributed by atoms with Crippen molar-refractivity contribution in [3.8, 4) is 5.75 Å². The molecule has 0 aliphatic carbocycles. The van der Waals surface area contributed by atoms with Crippen molar-refractivity contribution in [1.82, 2.24) is 0 Å². The van der Waals surface area contributed by atoms with E-state index in [9.17, 15) is 9.18 Å². The second-order valence-corrected chi connectivity index (χ2v) is 6.12. The highest BCUT2D eigenvalue weighted by molar-refractivity contribution is 5.81. The van der Waals surface area contributed by atoms with Crippen molar-refractivity contribution >= 4 is 5.78 Å². The lowest BCUT2D eigenvalue weighted by molar-refractivity contribution is -0.120. The highest BCUT2D eigenvalue weighted by Crippen LogP contribution is 2.29. The fourth-order valence-electron chi connectivity index (χ4n) is 1.78. The summed E-state index contributed by atoms with van der Waals surface area (Å²) in [6.45, 7) is 8.38. The minimum Gasteiger partial charge on any atom is -0.494 e. The minimum absolute atomic E-state index is 0.0644. The van der Waals surface area contributed by atoms with Crippen LogP contribution in [0.3, 0.4) is 0 Å². The second-order valence-electron chi connectivity index (χ2n) is 6.12. The van der Waals surface area contributed by atoms with Crippen LogP contribution in [0.25, 0.3) is 0 Å². The average Bonchev–Trinajstić information content (AvgIpc) is 2.30. The zero-order valence-corrected chi connectivity index (χ0v) is 12.4. The Bertz CT molecular complexity index is 447. The molecular weight excluding hydrogens is 243 g/mol. The Morgan fingerprint density at radius 3 is 2.53 bits per heavy atom. The van der Waals surface area contributed by atoms with E-state index in [1.807, 2.05) is 0 Å². The van der Waals surface area contributed by atoms with Gasteiger partial charge in [0.25, 0.3) is 0 Å². The van der Waals surface area contributed by atoms with Crippen LogP contribution in [0, 0.1) is 17.2 Å². The molecule has 0 bridgehead atoms. The number of halogens is 1. The van der Waals surface area contributed by atoms with Crippen molar-refractivity contribution in [1.29, 1.82) is 0 Å². The third kappa shape index (κ3) is 4.34. The number of hydrogen-bond donors (Lipinski definition) is 0. The zero-order valence-electron chi connectivity index (χ0n) is 12.4. The van der Waals surface area contributed by atoms with E-state index < -0.39 is 5.82 Å². The Morgan fingerprint density at radius 2 is 2.00 bits per heavy atom. The van der Waals surface area contributed by atoms with Crippen molar-refractivity contribution in [2.45, 2.75) is 40.5 Å². The van der Waals surface area contributed by atoms with Crippen LogP contribution in [-0.4, -0.2) is 12.9 Å². The molecule has 0 saturated heterocycles. The van der Waals surface area contributed by atoms with E-state index in [2.05, 4.69) is 27.7 Å². The number of benzene rings is 1. The first-order valence-corrected chi connectivity index (χ1v) is 6.58. The molecule has 1 unspecified atom stereocenters. The number of Topliss-reactive ketones (excluding diaryl/α,β-unsaturated/α-hetero) is 1. The number of methoxy groups -OCH3 is 1. The maximum Gasteiger partial charge on any atom is 0.168 e.